The Morgan fingerprint density at radius 2 is 1.74 bits per heavy atom. The molecule has 4 aromatic rings. The molecule has 0 aliphatic rings. The van der Waals surface area contributed by atoms with Crippen LogP contribution < -0.4 is 4.74 Å². The lowest BCUT2D eigenvalue weighted by atomic mass is 10.2. The second-order valence-electron chi connectivity index (χ2n) is 5.91. The van der Waals surface area contributed by atoms with Gasteiger partial charge in [0, 0.05) is 17.7 Å². The lowest BCUT2D eigenvalue weighted by molar-refractivity contribution is 0.398. The zero-order valence-electron chi connectivity index (χ0n) is 14.9. The maximum absolute atomic E-state index is 5.68. The molecule has 0 atom stereocenters. The van der Waals surface area contributed by atoms with Crippen LogP contribution in [-0.4, -0.2) is 22.1 Å². The number of H-pyrrole nitrogens is 1. The summed E-state index contributed by atoms with van der Waals surface area (Å²) in [5.41, 5.74) is 4.25. The lowest BCUT2D eigenvalue weighted by Crippen LogP contribution is -1.96. The van der Waals surface area contributed by atoms with E-state index in [4.69, 9.17) is 4.74 Å². The van der Waals surface area contributed by atoms with Gasteiger partial charge in [-0.25, -0.2) is 4.98 Å². The minimum atomic E-state index is 0.697. The van der Waals surface area contributed by atoms with E-state index in [1.165, 1.54) is 5.56 Å². The van der Waals surface area contributed by atoms with E-state index in [-0.39, 0.29) is 0 Å². The highest BCUT2D eigenvalue weighted by Crippen LogP contribution is 2.35. The van der Waals surface area contributed by atoms with Gasteiger partial charge in [0.2, 0.25) is 0 Å². The molecule has 0 amide bonds. The van der Waals surface area contributed by atoms with Gasteiger partial charge < -0.3 is 9.72 Å². The van der Waals surface area contributed by atoms with Crippen molar-refractivity contribution in [3.05, 3.63) is 78.1 Å². The highest BCUT2D eigenvalue weighted by molar-refractivity contribution is 7.98. The normalized spacial score (nSPS) is 11.0. The molecule has 0 unspecified atom stereocenters. The fraction of sp³-hybridized carbons (Fsp3) is 0.143. The smallest absolute Gasteiger partial charge is 0.166 e. The van der Waals surface area contributed by atoms with Crippen molar-refractivity contribution < 1.29 is 4.74 Å². The number of imidazole rings is 1. The van der Waals surface area contributed by atoms with Crippen molar-refractivity contribution in [3.63, 3.8) is 0 Å². The van der Waals surface area contributed by atoms with Gasteiger partial charge in [-0.2, -0.15) is 0 Å². The SMILES string of the molecule is COc1c(SCc2ccccc2)ccnc1CSc1nc2ccccc2[nH]1. The van der Waals surface area contributed by atoms with Gasteiger partial charge in [0.05, 0.1) is 28.7 Å². The number of hydrogen-bond donors (Lipinski definition) is 1. The fourth-order valence-electron chi connectivity index (χ4n) is 2.78. The van der Waals surface area contributed by atoms with E-state index in [0.29, 0.717) is 5.75 Å². The third kappa shape index (κ3) is 4.28. The maximum Gasteiger partial charge on any atom is 0.166 e. The van der Waals surface area contributed by atoms with Crippen molar-refractivity contribution >= 4 is 34.6 Å². The number of methoxy groups -OCH3 is 1. The van der Waals surface area contributed by atoms with Gasteiger partial charge in [-0.1, -0.05) is 54.2 Å². The van der Waals surface area contributed by atoms with Crippen molar-refractivity contribution in [1.82, 2.24) is 15.0 Å². The Morgan fingerprint density at radius 1 is 0.926 bits per heavy atom. The molecular formula is C21H19N3OS2. The molecule has 0 fully saturated rings. The molecule has 2 aromatic heterocycles. The Bertz CT molecular complexity index is 1000. The van der Waals surface area contributed by atoms with E-state index in [1.54, 1.807) is 30.6 Å². The minimum absolute atomic E-state index is 0.697. The summed E-state index contributed by atoms with van der Waals surface area (Å²) in [6, 6.07) is 20.5. The second kappa shape index (κ2) is 8.50. The van der Waals surface area contributed by atoms with Crippen LogP contribution in [0.3, 0.4) is 0 Å². The quantitative estimate of drug-likeness (QED) is 0.417. The average Bonchev–Trinajstić information content (AvgIpc) is 3.14. The number of benzene rings is 2. The van der Waals surface area contributed by atoms with Gasteiger partial charge in [0.1, 0.15) is 0 Å². The summed E-state index contributed by atoms with van der Waals surface area (Å²) >= 11 is 3.40. The van der Waals surface area contributed by atoms with E-state index in [0.717, 1.165) is 38.3 Å². The molecule has 0 radical (unpaired) electrons. The molecule has 0 saturated carbocycles. The van der Waals surface area contributed by atoms with Crippen LogP contribution in [0.2, 0.25) is 0 Å². The van der Waals surface area contributed by atoms with Crippen molar-refractivity contribution in [3.8, 4) is 5.75 Å². The molecule has 0 bridgehead atoms. The Morgan fingerprint density at radius 3 is 2.56 bits per heavy atom. The summed E-state index contributed by atoms with van der Waals surface area (Å²) in [6.45, 7) is 0. The minimum Gasteiger partial charge on any atom is -0.494 e. The highest BCUT2D eigenvalue weighted by Gasteiger charge is 2.13. The van der Waals surface area contributed by atoms with Crippen LogP contribution in [0.1, 0.15) is 11.3 Å². The predicted molar refractivity (Wildman–Crippen MR) is 112 cm³/mol. The van der Waals surface area contributed by atoms with Crippen molar-refractivity contribution in [2.24, 2.45) is 0 Å². The van der Waals surface area contributed by atoms with Crippen molar-refractivity contribution in [2.75, 3.05) is 7.11 Å². The number of nitrogens with zero attached hydrogens (tertiary/aromatic N) is 2. The Hall–Kier alpha value is -2.44. The monoisotopic (exact) mass is 393 g/mol. The molecule has 0 aliphatic carbocycles. The van der Waals surface area contributed by atoms with Crippen molar-refractivity contribution in [2.45, 2.75) is 21.6 Å². The van der Waals surface area contributed by atoms with Crippen LogP contribution in [0.15, 0.2) is 76.9 Å². The molecule has 2 heterocycles. The average molecular weight is 394 g/mol. The van der Waals surface area contributed by atoms with E-state index in [1.807, 2.05) is 42.6 Å². The maximum atomic E-state index is 5.68. The van der Waals surface area contributed by atoms with Crippen LogP contribution in [0, 0.1) is 0 Å². The first-order valence-corrected chi connectivity index (χ1v) is 10.6. The highest BCUT2D eigenvalue weighted by atomic mass is 32.2. The van der Waals surface area contributed by atoms with Gasteiger partial charge >= 0.3 is 0 Å². The standard InChI is InChI=1S/C21H19N3OS2/c1-25-20-18(14-27-21-23-16-9-5-6-10-17(16)24-21)22-12-11-19(20)26-13-15-7-3-2-4-8-15/h2-12H,13-14H2,1H3,(H,23,24). The number of thioether (sulfide) groups is 2. The number of para-hydroxylation sites is 2. The Balaban J connectivity index is 1.48. The molecule has 0 aliphatic heterocycles. The number of pyridine rings is 1. The summed E-state index contributed by atoms with van der Waals surface area (Å²) in [4.78, 5) is 13.6. The third-order valence-electron chi connectivity index (χ3n) is 4.10. The third-order valence-corrected chi connectivity index (χ3v) is 6.09. The summed E-state index contributed by atoms with van der Waals surface area (Å²) in [6.07, 6.45) is 1.85. The molecule has 0 spiro atoms. The predicted octanol–water partition coefficient (Wildman–Crippen LogP) is 5.55. The Labute approximate surface area is 166 Å². The molecule has 2 aromatic carbocycles. The molecular weight excluding hydrogens is 374 g/mol. The van der Waals surface area contributed by atoms with Gasteiger partial charge in [0.15, 0.2) is 10.9 Å². The molecule has 4 rings (SSSR count). The van der Waals surface area contributed by atoms with E-state index >= 15 is 0 Å². The number of aromatic amines is 1. The topological polar surface area (TPSA) is 50.8 Å². The lowest BCUT2D eigenvalue weighted by Gasteiger charge is -2.12. The van der Waals surface area contributed by atoms with E-state index < -0.39 is 0 Å². The first-order valence-electron chi connectivity index (χ1n) is 8.59. The van der Waals surface area contributed by atoms with Crippen molar-refractivity contribution in [1.29, 1.82) is 0 Å². The molecule has 6 heteroatoms. The number of rotatable bonds is 7. The van der Waals surface area contributed by atoms with Crippen LogP contribution >= 0.6 is 23.5 Å². The summed E-state index contributed by atoms with van der Waals surface area (Å²) in [7, 11) is 1.71. The Kier molecular flexibility index (Phi) is 5.65. The number of hydrogen-bond acceptors (Lipinski definition) is 5. The fourth-order valence-corrected chi connectivity index (χ4v) is 4.60. The van der Waals surface area contributed by atoms with Crippen LogP contribution in [0.25, 0.3) is 11.0 Å². The zero-order valence-corrected chi connectivity index (χ0v) is 16.5. The van der Waals surface area contributed by atoms with Crippen LogP contribution in [-0.2, 0) is 11.5 Å². The summed E-state index contributed by atoms with van der Waals surface area (Å²) in [5, 5.41) is 0.891. The van der Waals surface area contributed by atoms with Gasteiger partial charge in [0.25, 0.3) is 0 Å². The molecule has 136 valence electrons. The number of ether oxygens (including phenoxy) is 1. The second-order valence-corrected chi connectivity index (χ2v) is 7.89. The molecule has 1 N–H and O–H groups in total. The van der Waals surface area contributed by atoms with E-state index in [9.17, 15) is 0 Å². The van der Waals surface area contributed by atoms with Crippen LogP contribution in [0.4, 0.5) is 0 Å². The number of aromatic nitrogens is 3. The first kappa shape index (κ1) is 17.9. The summed E-state index contributed by atoms with van der Waals surface area (Å²) in [5.74, 6) is 2.45. The molecule has 4 nitrogen and oxygen atoms in total. The van der Waals surface area contributed by atoms with Gasteiger partial charge in [-0.05, 0) is 23.8 Å². The number of fused-ring (bicyclic) bond motifs is 1. The first-order chi connectivity index (χ1) is 13.3. The largest absolute Gasteiger partial charge is 0.494 e. The molecule has 0 saturated heterocycles. The van der Waals surface area contributed by atoms with E-state index in [2.05, 4.69) is 39.2 Å². The van der Waals surface area contributed by atoms with Crippen LogP contribution in [0.5, 0.6) is 5.75 Å². The summed E-state index contributed by atoms with van der Waals surface area (Å²) < 4.78 is 5.68. The van der Waals surface area contributed by atoms with Gasteiger partial charge in [-0.15, -0.1) is 11.8 Å². The zero-order chi connectivity index (χ0) is 18.5. The molecule has 27 heavy (non-hydrogen) atoms. The van der Waals surface area contributed by atoms with Gasteiger partial charge in [-0.3, -0.25) is 4.98 Å². The number of nitrogens with one attached hydrogen (secondary N) is 1.